The molecule has 1 amide bonds. The molecular weight excluding hydrogens is 338 g/mol. The van der Waals surface area contributed by atoms with E-state index < -0.39 is 11.9 Å². The molecule has 2 N–H and O–H groups in total. The number of carboxylic acids is 1. The van der Waals surface area contributed by atoms with Crippen molar-refractivity contribution in [2.45, 2.75) is 18.8 Å². The van der Waals surface area contributed by atoms with E-state index >= 15 is 0 Å². The van der Waals surface area contributed by atoms with Gasteiger partial charge in [-0.25, -0.2) is 0 Å². The molecule has 3 rings (SSSR count). The second-order valence-corrected chi connectivity index (χ2v) is 6.91. The second-order valence-electron chi connectivity index (χ2n) is 6.47. The lowest BCUT2D eigenvalue weighted by molar-refractivity contribution is -0.141. The molecule has 0 spiro atoms. The Balaban J connectivity index is 1.53. The van der Waals surface area contributed by atoms with E-state index in [1.807, 2.05) is 54.6 Å². The number of benzene rings is 2. The second kappa shape index (κ2) is 7.70. The van der Waals surface area contributed by atoms with Crippen LogP contribution in [0.15, 0.2) is 54.6 Å². The summed E-state index contributed by atoms with van der Waals surface area (Å²) < 4.78 is 0. The van der Waals surface area contributed by atoms with Gasteiger partial charge in [-0.1, -0.05) is 54.1 Å². The minimum Gasteiger partial charge on any atom is -0.481 e. The number of rotatable bonds is 7. The summed E-state index contributed by atoms with van der Waals surface area (Å²) in [5.41, 5.74) is 2.01. The molecule has 130 valence electrons. The van der Waals surface area contributed by atoms with Gasteiger partial charge in [-0.05, 0) is 42.0 Å². The molecule has 1 saturated carbocycles. The SMILES string of the molecule is O=C(O)C(CNC(=O)C1CC1c1cccc(Cl)c1)Cc1ccccc1. The van der Waals surface area contributed by atoms with Crippen molar-refractivity contribution in [1.82, 2.24) is 5.32 Å². The van der Waals surface area contributed by atoms with Crippen molar-refractivity contribution in [2.75, 3.05) is 6.54 Å². The average Bonchev–Trinajstić information content (AvgIpc) is 3.40. The van der Waals surface area contributed by atoms with Crippen molar-refractivity contribution in [1.29, 1.82) is 0 Å². The van der Waals surface area contributed by atoms with Crippen LogP contribution in [-0.4, -0.2) is 23.5 Å². The molecule has 0 radical (unpaired) electrons. The Kier molecular flexibility index (Phi) is 5.39. The lowest BCUT2D eigenvalue weighted by Crippen LogP contribution is -2.35. The van der Waals surface area contributed by atoms with Crippen molar-refractivity contribution < 1.29 is 14.7 Å². The van der Waals surface area contributed by atoms with Crippen LogP contribution in [0.2, 0.25) is 5.02 Å². The number of carbonyl (C=O) groups is 2. The number of carboxylic acid groups (broad SMARTS) is 1. The van der Waals surface area contributed by atoms with Crippen LogP contribution in [0.1, 0.15) is 23.5 Å². The van der Waals surface area contributed by atoms with Crippen LogP contribution in [-0.2, 0) is 16.0 Å². The van der Waals surface area contributed by atoms with E-state index in [0.717, 1.165) is 17.5 Å². The molecule has 5 heteroatoms. The van der Waals surface area contributed by atoms with Crippen LogP contribution in [0.5, 0.6) is 0 Å². The number of nitrogens with one attached hydrogen (secondary N) is 1. The highest BCUT2D eigenvalue weighted by Crippen LogP contribution is 2.47. The first-order chi connectivity index (χ1) is 12.0. The molecule has 2 aromatic rings. The summed E-state index contributed by atoms with van der Waals surface area (Å²) in [7, 11) is 0. The maximum Gasteiger partial charge on any atom is 0.308 e. The Morgan fingerprint density at radius 2 is 1.92 bits per heavy atom. The van der Waals surface area contributed by atoms with Gasteiger partial charge in [0.25, 0.3) is 0 Å². The Morgan fingerprint density at radius 3 is 2.60 bits per heavy atom. The highest BCUT2D eigenvalue weighted by atomic mass is 35.5. The lowest BCUT2D eigenvalue weighted by Gasteiger charge is -2.13. The normalized spacial score (nSPS) is 19.9. The van der Waals surface area contributed by atoms with Crippen LogP contribution < -0.4 is 5.32 Å². The third kappa shape index (κ3) is 4.60. The summed E-state index contributed by atoms with van der Waals surface area (Å²) in [6.07, 6.45) is 1.18. The molecule has 3 atom stereocenters. The highest BCUT2D eigenvalue weighted by Gasteiger charge is 2.44. The fourth-order valence-corrected chi connectivity index (χ4v) is 3.29. The number of carbonyl (C=O) groups excluding carboxylic acids is 1. The van der Waals surface area contributed by atoms with Crippen LogP contribution in [0.4, 0.5) is 0 Å². The number of amides is 1. The predicted octanol–water partition coefficient (Wildman–Crippen LogP) is 3.50. The third-order valence-electron chi connectivity index (χ3n) is 4.60. The molecular formula is C20H20ClNO3. The molecule has 3 unspecified atom stereocenters. The van der Waals surface area contributed by atoms with Gasteiger partial charge >= 0.3 is 5.97 Å². The molecule has 0 aliphatic heterocycles. The highest BCUT2D eigenvalue weighted by molar-refractivity contribution is 6.30. The minimum absolute atomic E-state index is 0.0794. The van der Waals surface area contributed by atoms with Crippen LogP contribution in [0, 0.1) is 11.8 Å². The zero-order valence-electron chi connectivity index (χ0n) is 13.7. The number of hydrogen-bond donors (Lipinski definition) is 2. The van der Waals surface area contributed by atoms with Gasteiger partial charge in [0.1, 0.15) is 0 Å². The molecule has 0 bridgehead atoms. The molecule has 1 fully saturated rings. The fourth-order valence-electron chi connectivity index (χ4n) is 3.09. The van der Waals surface area contributed by atoms with Gasteiger partial charge in [0.05, 0.1) is 5.92 Å². The first-order valence-corrected chi connectivity index (χ1v) is 8.72. The number of halogens is 1. The van der Waals surface area contributed by atoms with E-state index in [4.69, 9.17) is 11.6 Å². The quantitative estimate of drug-likeness (QED) is 0.797. The van der Waals surface area contributed by atoms with Gasteiger partial charge in [0, 0.05) is 17.5 Å². The van der Waals surface area contributed by atoms with Crippen molar-refractivity contribution in [3.8, 4) is 0 Å². The molecule has 0 saturated heterocycles. The summed E-state index contributed by atoms with van der Waals surface area (Å²) in [5, 5.41) is 12.9. The third-order valence-corrected chi connectivity index (χ3v) is 4.84. The van der Waals surface area contributed by atoms with Crippen molar-refractivity contribution in [3.63, 3.8) is 0 Å². The molecule has 0 aromatic heterocycles. The summed E-state index contributed by atoms with van der Waals surface area (Å²) >= 11 is 5.99. The summed E-state index contributed by atoms with van der Waals surface area (Å²) in [5.74, 6) is -1.52. The largest absolute Gasteiger partial charge is 0.481 e. The first-order valence-electron chi connectivity index (χ1n) is 8.34. The first kappa shape index (κ1) is 17.5. The molecule has 0 heterocycles. The van der Waals surface area contributed by atoms with E-state index in [-0.39, 0.29) is 24.3 Å². The Morgan fingerprint density at radius 1 is 1.16 bits per heavy atom. The maximum absolute atomic E-state index is 12.3. The Hall–Kier alpha value is -2.33. The van der Waals surface area contributed by atoms with Crippen LogP contribution in [0.3, 0.4) is 0 Å². The van der Waals surface area contributed by atoms with E-state index in [1.54, 1.807) is 0 Å². The maximum atomic E-state index is 12.3. The predicted molar refractivity (Wildman–Crippen MR) is 96.6 cm³/mol. The van der Waals surface area contributed by atoms with Crippen molar-refractivity contribution in [2.24, 2.45) is 11.8 Å². The van der Waals surface area contributed by atoms with Gasteiger partial charge < -0.3 is 10.4 Å². The number of aliphatic carboxylic acids is 1. The average molecular weight is 358 g/mol. The molecule has 2 aromatic carbocycles. The van der Waals surface area contributed by atoms with Gasteiger partial charge in [-0.3, -0.25) is 9.59 Å². The summed E-state index contributed by atoms with van der Waals surface area (Å²) in [6.45, 7) is 0.141. The zero-order valence-corrected chi connectivity index (χ0v) is 14.4. The Bertz CT molecular complexity index is 763. The zero-order chi connectivity index (χ0) is 17.8. The van der Waals surface area contributed by atoms with E-state index in [0.29, 0.717) is 11.4 Å². The van der Waals surface area contributed by atoms with E-state index in [9.17, 15) is 14.7 Å². The standard InChI is InChI=1S/C20H20ClNO3/c21-16-8-4-7-14(10-16)17-11-18(17)19(23)22-12-15(20(24)25)9-13-5-2-1-3-6-13/h1-8,10,15,17-18H,9,11-12H2,(H,22,23)(H,24,25). The topological polar surface area (TPSA) is 66.4 Å². The van der Waals surface area contributed by atoms with Gasteiger partial charge in [-0.2, -0.15) is 0 Å². The smallest absolute Gasteiger partial charge is 0.308 e. The van der Waals surface area contributed by atoms with Crippen LogP contribution >= 0.6 is 11.6 Å². The van der Waals surface area contributed by atoms with E-state index in [1.165, 1.54) is 0 Å². The molecule has 1 aliphatic carbocycles. The summed E-state index contributed by atoms with van der Waals surface area (Å²) in [6, 6.07) is 17.0. The van der Waals surface area contributed by atoms with E-state index in [2.05, 4.69) is 5.32 Å². The van der Waals surface area contributed by atoms with Crippen LogP contribution in [0.25, 0.3) is 0 Å². The van der Waals surface area contributed by atoms with Crippen molar-refractivity contribution in [3.05, 3.63) is 70.7 Å². The fraction of sp³-hybridized carbons (Fsp3) is 0.300. The summed E-state index contributed by atoms with van der Waals surface area (Å²) in [4.78, 5) is 23.8. The van der Waals surface area contributed by atoms with Gasteiger partial charge in [-0.15, -0.1) is 0 Å². The molecule has 1 aliphatic rings. The molecule has 4 nitrogen and oxygen atoms in total. The number of hydrogen-bond acceptors (Lipinski definition) is 2. The van der Waals surface area contributed by atoms with Crippen molar-refractivity contribution >= 4 is 23.5 Å². The minimum atomic E-state index is -0.897. The monoisotopic (exact) mass is 357 g/mol. The molecule has 25 heavy (non-hydrogen) atoms. The van der Waals surface area contributed by atoms with Gasteiger partial charge in [0.15, 0.2) is 0 Å². The Labute approximate surface area is 151 Å². The van der Waals surface area contributed by atoms with Gasteiger partial charge in [0.2, 0.25) is 5.91 Å². The lowest BCUT2D eigenvalue weighted by atomic mass is 9.99.